The molecule has 8 heteroatoms. The van der Waals surface area contributed by atoms with Crippen molar-refractivity contribution in [3.05, 3.63) is 35.0 Å². The molecule has 2 aliphatic rings. The van der Waals surface area contributed by atoms with E-state index in [0.29, 0.717) is 11.7 Å². The van der Waals surface area contributed by atoms with Crippen LogP contribution in [0.4, 0.5) is 10.9 Å². The Bertz CT molecular complexity index is 932. The van der Waals surface area contributed by atoms with E-state index in [0.717, 1.165) is 54.5 Å². The normalized spacial score (nSPS) is 18.9. The Morgan fingerprint density at radius 3 is 2.53 bits per heavy atom. The molecule has 1 saturated heterocycles. The minimum absolute atomic E-state index is 0.0169. The fourth-order valence-corrected chi connectivity index (χ4v) is 5.69. The van der Waals surface area contributed by atoms with Crippen molar-refractivity contribution < 1.29 is 9.59 Å². The minimum atomic E-state index is -0.327. The third-order valence-corrected chi connectivity index (χ3v) is 7.58. The van der Waals surface area contributed by atoms with E-state index in [1.165, 1.54) is 19.3 Å². The highest BCUT2D eigenvalue weighted by molar-refractivity contribution is 7.15. The topological polar surface area (TPSA) is 87.2 Å². The number of piperidine rings is 1. The molecule has 7 nitrogen and oxygen atoms in total. The number of pyridine rings is 1. The van der Waals surface area contributed by atoms with Crippen LogP contribution in [0.15, 0.2) is 24.4 Å². The van der Waals surface area contributed by atoms with E-state index in [9.17, 15) is 9.59 Å². The summed E-state index contributed by atoms with van der Waals surface area (Å²) in [5, 5.41) is 6.87. The Balaban J connectivity index is 1.44. The van der Waals surface area contributed by atoms with Gasteiger partial charge in [0.2, 0.25) is 11.8 Å². The first-order valence-corrected chi connectivity index (χ1v) is 12.5. The van der Waals surface area contributed by atoms with Crippen LogP contribution in [0.2, 0.25) is 0 Å². The van der Waals surface area contributed by atoms with Gasteiger partial charge in [0.05, 0.1) is 11.6 Å². The number of amides is 2. The number of rotatable bonds is 6. The lowest BCUT2D eigenvalue weighted by molar-refractivity contribution is -0.138. The second-order valence-corrected chi connectivity index (χ2v) is 10.2. The van der Waals surface area contributed by atoms with Gasteiger partial charge in [-0.25, -0.2) is 9.97 Å². The quantitative estimate of drug-likeness (QED) is 0.680. The molecule has 1 aliphatic carbocycles. The first-order chi connectivity index (χ1) is 15.5. The Morgan fingerprint density at radius 2 is 1.88 bits per heavy atom. The molecule has 2 aromatic rings. The number of hydrogen-bond donors (Lipinski definition) is 2. The minimum Gasteiger partial charge on any atom is -0.359 e. The van der Waals surface area contributed by atoms with Crippen molar-refractivity contribution in [2.24, 2.45) is 11.8 Å². The predicted octanol–water partition coefficient (Wildman–Crippen LogP) is 4.24. The van der Waals surface area contributed by atoms with E-state index >= 15 is 0 Å². The number of aryl methyl sites for hydroxylation is 1. The second-order valence-electron chi connectivity index (χ2n) is 8.94. The van der Waals surface area contributed by atoms with Crippen LogP contribution in [-0.2, 0) is 9.59 Å². The van der Waals surface area contributed by atoms with Gasteiger partial charge < -0.3 is 15.5 Å². The first kappa shape index (κ1) is 22.7. The van der Waals surface area contributed by atoms with Crippen LogP contribution < -0.4 is 10.6 Å². The van der Waals surface area contributed by atoms with Crippen molar-refractivity contribution in [3.63, 3.8) is 0 Å². The lowest BCUT2D eigenvalue weighted by Crippen LogP contribution is -2.44. The number of carbonyl (C=O) groups is 2. The molecular weight excluding hydrogens is 422 g/mol. The molecule has 1 atom stereocenters. The molecule has 1 saturated carbocycles. The predicted molar refractivity (Wildman–Crippen MR) is 127 cm³/mol. The van der Waals surface area contributed by atoms with Crippen molar-refractivity contribution >= 4 is 34.1 Å². The summed E-state index contributed by atoms with van der Waals surface area (Å²) in [6.07, 6.45) is 9.12. The standard InChI is InChI=1S/C24H33N5O2S/c1-16-15-26-24(32-16)28-20-10-6-9-19(27-20)21(22(30)25-2)17-11-13-29(14-12-17)23(31)18-7-4-3-5-8-18/h6,9-10,15,17-18,21H,3-5,7-8,11-14H2,1-2H3,(H,25,30)(H,26,27,28). The Morgan fingerprint density at radius 1 is 1.12 bits per heavy atom. The third kappa shape index (κ3) is 5.28. The summed E-state index contributed by atoms with van der Waals surface area (Å²) in [5.74, 6) is 1.03. The number of hydrogen-bond acceptors (Lipinski definition) is 6. The molecule has 0 aromatic carbocycles. The molecule has 172 valence electrons. The maximum Gasteiger partial charge on any atom is 0.229 e. The highest BCUT2D eigenvalue weighted by Crippen LogP contribution is 2.34. The van der Waals surface area contributed by atoms with Crippen molar-refractivity contribution in [3.8, 4) is 0 Å². The van der Waals surface area contributed by atoms with Crippen LogP contribution in [0.1, 0.15) is 61.4 Å². The van der Waals surface area contributed by atoms with Crippen LogP contribution in [0.25, 0.3) is 0 Å². The number of likely N-dealkylation sites (tertiary alicyclic amines) is 1. The summed E-state index contributed by atoms with van der Waals surface area (Å²) >= 11 is 1.57. The molecule has 2 N–H and O–H groups in total. The van der Waals surface area contributed by atoms with Gasteiger partial charge in [0, 0.05) is 37.1 Å². The SMILES string of the molecule is CNC(=O)C(c1cccc(Nc2ncc(C)s2)n1)C1CCN(C(=O)C2CCCCC2)CC1. The molecule has 2 aromatic heterocycles. The highest BCUT2D eigenvalue weighted by atomic mass is 32.1. The fourth-order valence-electron chi connectivity index (χ4n) is 5.02. The average Bonchev–Trinajstić information content (AvgIpc) is 3.24. The van der Waals surface area contributed by atoms with E-state index in [1.807, 2.05) is 36.2 Å². The molecule has 1 aliphatic heterocycles. The van der Waals surface area contributed by atoms with Crippen LogP contribution in [-0.4, -0.2) is 46.8 Å². The molecule has 3 heterocycles. The number of nitrogens with one attached hydrogen (secondary N) is 2. The molecule has 1 unspecified atom stereocenters. The van der Waals surface area contributed by atoms with Crippen LogP contribution in [0.3, 0.4) is 0 Å². The molecule has 0 radical (unpaired) electrons. The van der Waals surface area contributed by atoms with Crippen molar-refractivity contribution in [1.82, 2.24) is 20.2 Å². The molecule has 0 spiro atoms. The summed E-state index contributed by atoms with van der Waals surface area (Å²) in [6, 6.07) is 5.76. The van der Waals surface area contributed by atoms with Gasteiger partial charge in [-0.1, -0.05) is 25.3 Å². The second kappa shape index (κ2) is 10.4. The zero-order valence-electron chi connectivity index (χ0n) is 19.0. The number of carbonyl (C=O) groups excluding carboxylic acids is 2. The summed E-state index contributed by atoms with van der Waals surface area (Å²) in [5.41, 5.74) is 0.764. The number of thiazole rings is 1. The summed E-state index contributed by atoms with van der Waals surface area (Å²) in [4.78, 5) is 38.1. The first-order valence-electron chi connectivity index (χ1n) is 11.7. The van der Waals surface area contributed by atoms with Crippen LogP contribution in [0.5, 0.6) is 0 Å². The molecule has 2 amide bonds. The van der Waals surface area contributed by atoms with E-state index in [2.05, 4.69) is 15.6 Å². The fraction of sp³-hybridized carbons (Fsp3) is 0.583. The van der Waals surface area contributed by atoms with Crippen LogP contribution >= 0.6 is 11.3 Å². The smallest absolute Gasteiger partial charge is 0.229 e. The van der Waals surface area contributed by atoms with Crippen molar-refractivity contribution in [2.75, 3.05) is 25.5 Å². The lowest BCUT2D eigenvalue weighted by atomic mass is 9.80. The van der Waals surface area contributed by atoms with Gasteiger partial charge in [-0.3, -0.25) is 9.59 Å². The Hall–Kier alpha value is -2.48. The van der Waals surface area contributed by atoms with E-state index in [4.69, 9.17) is 4.98 Å². The number of likely N-dealkylation sites (N-methyl/N-ethyl adjacent to an activating group) is 1. The zero-order valence-corrected chi connectivity index (χ0v) is 19.8. The lowest BCUT2D eigenvalue weighted by Gasteiger charge is -2.37. The third-order valence-electron chi connectivity index (χ3n) is 6.75. The van der Waals surface area contributed by atoms with Gasteiger partial charge >= 0.3 is 0 Å². The van der Waals surface area contributed by atoms with Gasteiger partial charge in [0.1, 0.15) is 5.82 Å². The van der Waals surface area contributed by atoms with Crippen molar-refractivity contribution in [2.45, 2.75) is 57.8 Å². The monoisotopic (exact) mass is 455 g/mol. The van der Waals surface area contributed by atoms with Gasteiger partial charge in [-0.05, 0) is 50.7 Å². The van der Waals surface area contributed by atoms with Gasteiger partial charge in [0.25, 0.3) is 0 Å². The van der Waals surface area contributed by atoms with Gasteiger partial charge in [-0.15, -0.1) is 11.3 Å². The largest absolute Gasteiger partial charge is 0.359 e. The van der Waals surface area contributed by atoms with Gasteiger partial charge in [-0.2, -0.15) is 0 Å². The van der Waals surface area contributed by atoms with Gasteiger partial charge in [0.15, 0.2) is 5.13 Å². The van der Waals surface area contributed by atoms with E-state index < -0.39 is 0 Å². The number of anilines is 2. The molecule has 0 bridgehead atoms. The average molecular weight is 456 g/mol. The molecule has 4 rings (SSSR count). The summed E-state index contributed by atoms with van der Waals surface area (Å²) < 4.78 is 0. The molecule has 32 heavy (non-hydrogen) atoms. The van der Waals surface area contributed by atoms with E-state index in [1.54, 1.807) is 18.4 Å². The Labute approximate surface area is 194 Å². The van der Waals surface area contributed by atoms with E-state index in [-0.39, 0.29) is 23.7 Å². The number of nitrogens with zero attached hydrogens (tertiary/aromatic N) is 3. The highest BCUT2D eigenvalue weighted by Gasteiger charge is 2.36. The molecule has 2 fully saturated rings. The zero-order chi connectivity index (χ0) is 22.5. The number of aromatic nitrogens is 2. The van der Waals surface area contributed by atoms with Crippen molar-refractivity contribution in [1.29, 1.82) is 0 Å². The summed E-state index contributed by atoms with van der Waals surface area (Å²) in [7, 11) is 1.68. The maximum atomic E-state index is 12.9. The Kier molecular flexibility index (Phi) is 7.40. The summed E-state index contributed by atoms with van der Waals surface area (Å²) in [6.45, 7) is 3.47. The maximum absolute atomic E-state index is 12.9. The molecular formula is C24H33N5O2S. The van der Waals surface area contributed by atoms with Crippen LogP contribution in [0, 0.1) is 18.8 Å².